The van der Waals surface area contributed by atoms with Crippen molar-refractivity contribution in [1.29, 1.82) is 0 Å². The van der Waals surface area contributed by atoms with Crippen LogP contribution >= 0.6 is 11.6 Å². The molecular weight excluding hydrogens is 358 g/mol. The van der Waals surface area contributed by atoms with E-state index in [1.807, 2.05) is 18.2 Å². The second-order valence-electron chi connectivity index (χ2n) is 7.19. The van der Waals surface area contributed by atoms with E-state index in [0.717, 1.165) is 49.3 Å². The van der Waals surface area contributed by atoms with Gasteiger partial charge < -0.3 is 10.6 Å². The van der Waals surface area contributed by atoms with E-state index in [9.17, 15) is 0 Å². The molecule has 1 aliphatic heterocycles. The Bertz CT molecular complexity index is 970. The lowest BCUT2D eigenvalue weighted by atomic mass is 10.1. The van der Waals surface area contributed by atoms with Gasteiger partial charge in [-0.2, -0.15) is 5.10 Å². The molecular formula is C21H24ClN5. The highest BCUT2D eigenvalue weighted by molar-refractivity contribution is 6.33. The van der Waals surface area contributed by atoms with E-state index in [-0.39, 0.29) is 0 Å². The van der Waals surface area contributed by atoms with Crippen LogP contribution in [0.25, 0.3) is 23.1 Å². The van der Waals surface area contributed by atoms with Crippen LogP contribution in [0.5, 0.6) is 0 Å². The van der Waals surface area contributed by atoms with Gasteiger partial charge in [0.1, 0.15) is 0 Å². The monoisotopic (exact) mass is 381 g/mol. The van der Waals surface area contributed by atoms with Crippen LogP contribution in [0.4, 0.5) is 5.69 Å². The van der Waals surface area contributed by atoms with E-state index in [1.54, 1.807) is 0 Å². The summed E-state index contributed by atoms with van der Waals surface area (Å²) in [5.41, 5.74) is 10.7. The molecule has 0 radical (unpaired) electrons. The van der Waals surface area contributed by atoms with E-state index >= 15 is 0 Å². The van der Waals surface area contributed by atoms with Crippen LogP contribution in [0.3, 0.4) is 0 Å². The number of hydrogen-bond acceptors (Lipinski definition) is 4. The van der Waals surface area contributed by atoms with Crippen LogP contribution in [0.15, 0.2) is 36.4 Å². The maximum atomic E-state index is 6.08. The molecule has 6 heteroatoms. The van der Waals surface area contributed by atoms with Crippen LogP contribution in [0.1, 0.15) is 16.8 Å². The lowest BCUT2D eigenvalue weighted by Gasteiger charge is -2.32. The minimum absolute atomic E-state index is 0.540. The number of benzene rings is 2. The number of nitrogens with zero attached hydrogens (tertiary/aromatic N) is 3. The highest BCUT2D eigenvalue weighted by Crippen LogP contribution is 2.27. The fourth-order valence-corrected chi connectivity index (χ4v) is 3.60. The van der Waals surface area contributed by atoms with Gasteiger partial charge in [0.25, 0.3) is 0 Å². The first-order valence-corrected chi connectivity index (χ1v) is 9.57. The zero-order chi connectivity index (χ0) is 18.8. The number of hydrogen-bond donors (Lipinski definition) is 2. The Kier molecular flexibility index (Phi) is 5.16. The van der Waals surface area contributed by atoms with Gasteiger partial charge in [-0.05, 0) is 36.4 Å². The molecule has 27 heavy (non-hydrogen) atoms. The molecule has 1 saturated heterocycles. The highest BCUT2D eigenvalue weighted by Gasteiger charge is 2.13. The predicted octanol–water partition coefficient (Wildman–Crippen LogP) is 3.72. The van der Waals surface area contributed by atoms with Gasteiger partial charge in [0.05, 0.1) is 21.9 Å². The minimum Gasteiger partial charge on any atom is -0.398 e. The molecule has 0 saturated carbocycles. The first kappa shape index (κ1) is 18.0. The van der Waals surface area contributed by atoms with Gasteiger partial charge in [0, 0.05) is 38.1 Å². The van der Waals surface area contributed by atoms with Crippen molar-refractivity contribution < 1.29 is 0 Å². The van der Waals surface area contributed by atoms with Crippen LogP contribution in [0, 0.1) is 0 Å². The molecule has 1 aliphatic rings. The number of anilines is 1. The van der Waals surface area contributed by atoms with E-state index in [4.69, 9.17) is 17.3 Å². The summed E-state index contributed by atoms with van der Waals surface area (Å²) in [5.74, 6) is 0. The standard InChI is InChI=1S/C21H24ClN5/c1-26-7-9-27(10-8-26)14-16-4-2-3-15(11-16)5-6-20-17-12-19(23)18(22)13-21(17)25-24-20/h2-6,11-13H,7-10,14,23H2,1H3,(H,24,25)/b6-5+. The fourth-order valence-electron chi connectivity index (χ4n) is 3.44. The van der Waals surface area contributed by atoms with E-state index in [1.165, 1.54) is 11.1 Å². The second kappa shape index (κ2) is 7.72. The number of aromatic amines is 1. The van der Waals surface area contributed by atoms with Crippen LogP contribution < -0.4 is 5.73 Å². The summed E-state index contributed by atoms with van der Waals surface area (Å²) in [5, 5.41) is 8.90. The molecule has 0 amide bonds. The Labute approximate surface area is 164 Å². The zero-order valence-corrected chi connectivity index (χ0v) is 16.2. The molecule has 3 N–H and O–H groups in total. The van der Waals surface area contributed by atoms with Crippen LogP contribution in [-0.4, -0.2) is 53.2 Å². The average molecular weight is 382 g/mol. The predicted molar refractivity (Wildman–Crippen MR) is 114 cm³/mol. The Balaban J connectivity index is 1.50. The molecule has 4 rings (SSSR count). The summed E-state index contributed by atoms with van der Waals surface area (Å²) in [6.45, 7) is 5.52. The Morgan fingerprint density at radius 1 is 1.15 bits per heavy atom. The number of piperazine rings is 1. The molecule has 2 aromatic carbocycles. The molecule has 2 heterocycles. The van der Waals surface area contributed by atoms with E-state index in [0.29, 0.717) is 10.7 Å². The van der Waals surface area contributed by atoms with Crippen molar-refractivity contribution in [2.75, 3.05) is 39.0 Å². The van der Waals surface area contributed by atoms with Crippen molar-refractivity contribution >= 4 is 40.3 Å². The van der Waals surface area contributed by atoms with Gasteiger partial charge in [-0.1, -0.05) is 41.9 Å². The largest absolute Gasteiger partial charge is 0.398 e. The SMILES string of the molecule is CN1CCN(Cc2cccc(/C=C/c3n[nH]c4cc(Cl)c(N)cc34)c2)CC1. The third kappa shape index (κ3) is 4.16. The number of nitrogen functional groups attached to an aromatic ring is 1. The number of aromatic nitrogens is 2. The topological polar surface area (TPSA) is 61.2 Å². The third-order valence-electron chi connectivity index (χ3n) is 5.10. The second-order valence-corrected chi connectivity index (χ2v) is 7.59. The molecule has 0 unspecified atom stereocenters. The number of nitrogens with one attached hydrogen (secondary N) is 1. The van der Waals surface area contributed by atoms with Crippen molar-refractivity contribution in [3.05, 3.63) is 58.2 Å². The molecule has 140 valence electrons. The van der Waals surface area contributed by atoms with Crippen molar-refractivity contribution in [2.24, 2.45) is 0 Å². The maximum absolute atomic E-state index is 6.08. The first-order chi connectivity index (χ1) is 13.1. The number of fused-ring (bicyclic) bond motifs is 1. The van der Waals surface area contributed by atoms with Crippen LogP contribution in [-0.2, 0) is 6.54 Å². The van der Waals surface area contributed by atoms with Gasteiger partial charge in [0.15, 0.2) is 0 Å². The van der Waals surface area contributed by atoms with Crippen molar-refractivity contribution in [3.8, 4) is 0 Å². The highest BCUT2D eigenvalue weighted by atomic mass is 35.5. The molecule has 1 fully saturated rings. The van der Waals surface area contributed by atoms with Crippen LogP contribution in [0.2, 0.25) is 5.02 Å². The molecule has 0 spiro atoms. The molecule has 3 aromatic rings. The van der Waals surface area contributed by atoms with Crippen molar-refractivity contribution in [3.63, 3.8) is 0 Å². The summed E-state index contributed by atoms with van der Waals surface area (Å²) >= 11 is 6.08. The van der Waals surface area contributed by atoms with Gasteiger partial charge in [0.2, 0.25) is 0 Å². The van der Waals surface area contributed by atoms with Crippen molar-refractivity contribution in [1.82, 2.24) is 20.0 Å². The lowest BCUT2D eigenvalue weighted by Crippen LogP contribution is -2.43. The summed E-state index contributed by atoms with van der Waals surface area (Å²) < 4.78 is 0. The Morgan fingerprint density at radius 3 is 2.78 bits per heavy atom. The Morgan fingerprint density at radius 2 is 1.96 bits per heavy atom. The van der Waals surface area contributed by atoms with Gasteiger partial charge in [-0.15, -0.1) is 0 Å². The smallest absolute Gasteiger partial charge is 0.0928 e. The summed E-state index contributed by atoms with van der Waals surface area (Å²) in [6, 6.07) is 12.4. The fraction of sp³-hybridized carbons (Fsp3) is 0.286. The molecule has 0 bridgehead atoms. The average Bonchev–Trinajstić information content (AvgIpc) is 3.04. The van der Waals surface area contributed by atoms with Gasteiger partial charge in [-0.25, -0.2) is 0 Å². The van der Waals surface area contributed by atoms with E-state index in [2.05, 4.69) is 57.4 Å². The van der Waals surface area contributed by atoms with Crippen molar-refractivity contribution in [2.45, 2.75) is 6.54 Å². The molecule has 0 aliphatic carbocycles. The van der Waals surface area contributed by atoms with Gasteiger partial charge in [-0.3, -0.25) is 10.00 Å². The summed E-state index contributed by atoms with van der Waals surface area (Å²) in [4.78, 5) is 4.89. The van der Waals surface area contributed by atoms with Gasteiger partial charge >= 0.3 is 0 Å². The number of H-pyrrole nitrogens is 1. The Hall–Kier alpha value is -2.34. The first-order valence-electron chi connectivity index (χ1n) is 9.19. The molecule has 0 atom stereocenters. The zero-order valence-electron chi connectivity index (χ0n) is 15.5. The third-order valence-corrected chi connectivity index (χ3v) is 5.42. The maximum Gasteiger partial charge on any atom is 0.0928 e. The lowest BCUT2D eigenvalue weighted by molar-refractivity contribution is 0.148. The minimum atomic E-state index is 0.540. The number of halogens is 1. The summed E-state index contributed by atoms with van der Waals surface area (Å²) in [6.07, 6.45) is 4.11. The molecule has 1 aromatic heterocycles. The van der Waals surface area contributed by atoms with E-state index < -0.39 is 0 Å². The number of rotatable bonds is 4. The number of nitrogens with two attached hydrogens (primary N) is 1. The summed E-state index contributed by atoms with van der Waals surface area (Å²) in [7, 11) is 2.18. The molecule has 5 nitrogen and oxygen atoms in total. The quantitative estimate of drug-likeness (QED) is 0.676. The number of likely N-dealkylation sites (N-methyl/N-ethyl adjacent to an activating group) is 1. The normalized spacial score (nSPS) is 16.5.